The van der Waals surface area contributed by atoms with E-state index in [1.165, 1.54) is 11.0 Å². The first-order valence-corrected chi connectivity index (χ1v) is 12.5. The molecule has 0 spiro atoms. The Kier molecular flexibility index (Phi) is 8.56. The van der Waals surface area contributed by atoms with E-state index in [1.807, 2.05) is 6.07 Å². The molecule has 2 atom stereocenters. The highest BCUT2D eigenvalue weighted by molar-refractivity contribution is 5.95. The zero-order valence-electron chi connectivity index (χ0n) is 21.3. The number of carbonyl (C=O) groups excluding carboxylic acids is 2. The maximum atomic E-state index is 13.4. The van der Waals surface area contributed by atoms with Crippen molar-refractivity contribution in [1.29, 1.82) is 5.26 Å². The predicted octanol–water partition coefficient (Wildman–Crippen LogP) is 7.06. The van der Waals surface area contributed by atoms with Crippen molar-refractivity contribution in [3.05, 3.63) is 101 Å². The summed E-state index contributed by atoms with van der Waals surface area (Å²) in [7, 11) is 0. The number of rotatable bonds is 5. The van der Waals surface area contributed by atoms with E-state index >= 15 is 0 Å². The molecule has 41 heavy (non-hydrogen) atoms. The number of hydrogen-bond acceptors (Lipinski definition) is 4. The Morgan fingerprint density at radius 2 is 1.59 bits per heavy atom. The number of nitrogens with zero attached hydrogens (tertiary/aromatic N) is 2. The van der Waals surface area contributed by atoms with Crippen molar-refractivity contribution < 1.29 is 40.7 Å². The highest BCUT2D eigenvalue weighted by Crippen LogP contribution is 2.37. The molecule has 1 heterocycles. The van der Waals surface area contributed by atoms with Crippen LogP contribution in [0.5, 0.6) is 0 Å². The van der Waals surface area contributed by atoms with Crippen LogP contribution < -0.4 is 5.32 Å². The number of benzene rings is 3. The first kappa shape index (κ1) is 29.5. The fourth-order valence-electron chi connectivity index (χ4n) is 4.68. The lowest BCUT2D eigenvalue weighted by Crippen LogP contribution is -2.49. The van der Waals surface area contributed by atoms with E-state index in [9.17, 15) is 35.9 Å². The number of halogens is 6. The van der Waals surface area contributed by atoms with E-state index in [4.69, 9.17) is 10.00 Å². The molecular weight excluding hydrogens is 552 g/mol. The first-order chi connectivity index (χ1) is 19.3. The SMILES string of the molecule is N#Cc1cccc(NC(=O)O[C@H]2CCN(C(=O)c3cc(C(F)(F)F)cc(C(F)(F)F)c3)[C@H](Cc3ccccc3)C2)c1. The summed E-state index contributed by atoms with van der Waals surface area (Å²) in [5.74, 6) is -0.987. The maximum absolute atomic E-state index is 13.4. The van der Waals surface area contributed by atoms with Crippen LogP contribution in [-0.4, -0.2) is 35.6 Å². The van der Waals surface area contributed by atoms with Gasteiger partial charge in [-0.3, -0.25) is 10.1 Å². The lowest BCUT2D eigenvalue weighted by Gasteiger charge is -2.39. The Bertz CT molecular complexity index is 1420. The fraction of sp³-hybridized carbons (Fsp3) is 0.276. The zero-order chi connectivity index (χ0) is 29.8. The average molecular weight is 576 g/mol. The Balaban J connectivity index is 1.57. The molecule has 0 saturated carbocycles. The molecule has 0 unspecified atom stereocenters. The summed E-state index contributed by atoms with van der Waals surface area (Å²) < 4.78 is 86.0. The third kappa shape index (κ3) is 7.57. The minimum absolute atomic E-state index is 0.0246. The molecule has 4 rings (SSSR count). The van der Waals surface area contributed by atoms with Crippen molar-refractivity contribution in [3.8, 4) is 6.07 Å². The van der Waals surface area contributed by atoms with Crippen molar-refractivity contribution in [2.45, 2.75) is 43.8 Å². The number of ether oxygens (including phenoxy) is 1. The molecule has 1 N–H and O–H groups in total. The number of anilines is 1. The average Bonchev–Trinajstić information content (AvgIpc) is 2.92. The zero-order valence-corrected chi connectivity index (χ0v) is 21.3. The number of nitrogens with one attached hydrogen (secondary N) is 1. The standard InChI is InChI=1S/C29H23F6N3O3/c30-28(31,32)21-13-20(14-22(15-21)29(33,34)35)26(39)38-10-9-25(16-24(38)12-18-5-2-1-3-6-18)41-27(40)37-23-8-4-7-19(11-23)17-36/h1-8,11,13-15,24-25H,9-10,12,16H2,(H,37,40)/t24-,25+/m1/s1. The summed E-state index contributed by atoms with van der Waals surface area (Å²) in [4.78, 5) is 27.2. The van der Waals surface area contributed by atoms with Crippen LogP contribution in [0.1, 0.15) is 45.5 Å². The quantitative estimate of drug-likeness (QED) is 0.330. The van der Waals surface area contributed by atoms with E-state index in [-0.39, 0.29) is 31.9 Å². The Labute approximate surface area is 231 Å². The van der Waals surface area contributed by atoms with Crippen LogP contribution in [0.3, 0.4) is 0 Å². The summed E-state index contributed by atoms with van der Waals surface area (Å²) >= 11 is 0. The highest BCUT2D eigenvalue weighted by Gasteiger charge is 2.39. The summed E-state index contributed by atoms with van der Waals surface area (Å²) in [6.07, 6.45) is -11.3. The molecule has 0 aliphatic carbocycles. The van der Waals surface area contributed by atoms with Crippen molar-refractivity contribution in [2.24, 2.45) is 0 Å². The van der Waals surface area contributed by atoms with Crippen LogP contribution in [0.15, 0.2) is 72.8 Å². The van der Waals surface area contributed by atoms with E-state index in [0.29, 0.717) is 23.4 Å². The second-order valence-electron chi connectivity index (χ2n) is 9.51. The van der Waals surface area contributed by atoms with Crippen LogP contribution >= 0.6 is 0 Å². The van der Waals surface area contributed by atoms with Crippen LogP contribution in [0.4, 0.5) is 36.8 Å². The van der Waals surface area contributed by atoms with Crippen molar-refractivity contribution in [3.63, 3.8) is 0 Å². The second-order valence-corrected chi connectivity index (χ2v) is 9.51. The topological polar surface area (TPSA) is 82.4 Å². The minimum atomic E-state index is -5.10. The summed E-state index contributed by atoms with van der Waals surface area (Å²) in [5, 5.41) is 11.6. The van der Waals surface area contributed by atoms with E-state index in [2.05, 4.69) is 5.32 Å². The van der Waals surface area contributed by atoms with Crippen molar-refractivity contribution in [2.75, 3.05) is 11.9 Å². The number of amides is 2. The summed E-state index contributed by atoms with van der Waals surface area (Å²) in [6, 6.07) is 17.0. The minimum Gasteiger partial charge on any atom is -0.446 e. The van der Waals surface area contributed by atoms with E-state index < -0.39 is 53.2 Å². The van der Waals surface area contributed by atoms with Gasteiger partial charge in [0.15, 0.2) is 0 Å². The third-order valence-electron chi connectivity index (χ3n) is 6.59. The number of alkyl halides is 6. The van der Waals surface area contributed by atoms with Crippen LogP contribution in [0.25, 0.3) is 0 Å². The molecule has 12 heteroatoms. The monoisotopic (exact) mass is 575 g/mol. The molecule has 6 nitrogen and oxygen atoms in total. The van der Waals surface area contributed by atoms with E-state index in [0.717, 1.165) is 5.56 Å². The van der Waals surface area contributed by atoms with Gasteiger partial charge in [0.05, 0.1) is 22.8 Å². The number of carbonyl (C=O) groups is 2. The molecule has 0 aromatic heterocycles. The highest BCUT2D eigenvalue weighted by atomic mass is 19.4. The van der Waals surface area contributed by atoms with Gasteiger partial charge in [0, 0.05) is 36.7 Å². The van der Waals surface area contributed by atoms with Gasteiger partial charge in [-0.1, -0.05) is 36.4 Å². The molecular formula is C29H23F6N3O3. The van der Waals surface area contributed by atoms with Gasteiger partial charge in [-0.25, -0.2) is 4.79 Å². The van der Waals surface area contributed by atoms with Gasteiger partial charge in [-0.2, -0.15) is 31.6 Å². The van der Waals surface area contributed by atoms with Crippen LogP contribution in [0.2, 0.25) is 0 Å². The molecule has 1 aliphatic heterocycles. The lowest BCUT2D eigenvalue weighted by atomic mass is 9.92. The Morgan fingerprint density at radius 3 is 2.20 bits per heavy atom. The van der Waals surface area contributed by atoms with Gasteiger partial charge < -0.3 is 9.64 Å². The van der Waals surface area contributed by atoms with Crippen LogP contribution in [-0.2, 0) is 23.5 Å². The number of nitriles is 1. The number of hydrogen-bond donors (Lipinski definition) is 1. The molecule has 1 saturated heterocycles. The van der Waals surface area contributed by atoms with Crippen LogP contribution in [0, 0.1) is 11.3 Å². The van der Waals surface area contributed by atoms with Gasteiger partial charge in [0.25, 0.3) is 5.91 Å². The second kappa shape index (κ2) is 11.9. The van der Waals surface area contributed by atoms with Gasteiger partial charge >= 0.3 is 18.4 Å². The molecule has 214 valence electrons. The number of likely N-dealkylation sites (tertiary alicyclic amines) is 1. The number of piperidine rings is 1. The third-order valence-corrected chi connectivity index (χ3v) is 6.59. The Morgan fingerprint density at radius 1 is 0.927 bits per heavy atom. The maximum Gasteiger partial charge on any atom is 0.416 e. The fourth-order valence-corrected chi connectivity index (χ4v) is 4.68. The molecule has 1 aliphatic rings. The lowest BCUT2D eigenvalue weighted by molar-refractivity contribution is -0.143. The smallest absolute Gasteiger partial charge is 0.416 e. The van der Waals surface area contributed by atoms with Gasteiger partial charge in [0.1, 0.15) is 6.10 Å². The predicted molar refractivity (Wildman–Crippen MR) is 136 cm³/mol. The molecule has 3 aromatic carbocycles. The molecule has 1 fully saturated rings. The molecule has 2 amide bonds. The normalized spacial score (nSPS) is 17.4. The molecule has 0 radical (unpaired) electrons. The van der Waals surface area contributed by atoms with Gasteiger partial charge in [-0.05, 0) is 48.4 Å². The first-order valence-electron chi connectivity index (χ1n) is 12.5. The summed E-state index contributed by atoms with van der Waals surface area (Å²) in [6.45, 7) is -0.0736. The van der Waals surface area contributed by atoms with Crippen molar-refractivity contribution >= 4 is 17.7 Å². The van der Waals surface area contributed by atoms with E-state index in [1.54, 1.807) is 48.5 Å². The largest absolute Gasteiger partial charge is 0.446 e. The van der Waals surface area contributed by atoms with Gasteiger partial charge in [0.2, 0.25) is 0 Å². The van der Waals surface area contributed by atoms with Crippen molar-refractivity contribution in [1.82, 2.24) is 4.90 Å². The summed E-state index contributed by atoms with van der Waals surface area (Å²) in [5.41, 5.74) is -2.47. The van der Waals surface area contributed by atoms with Gasteiger partial charge in [-0.15, -0.1) is 0 Å². The Hall–Kier alpha value is -4.53. The molecule has 3 aromatic rings. The molecule has 0 bridgehead atoms.